The average molecular weight is 303 g/mol. The zero-order chi connectivity index (χ0) is 15.4. The van der Waals surface area contributed by atoms with E-state index in [4.69, 9.17) is 10.5 Å². The molecular formula is C16H25N5O. The average Bonchev–Trinajstić information content (AvgIpc) is 2.56. The van der Waals surface area contributed by atoms with Crippen molar-refractivity contribution < 1.29 is 4.74 Å². The van der Waals surface area contributed by atoms with Crippen molar-refractivity contribution in [3.63, 3.8) is 0 Å². The van der Waals surface area contributed by atoms with Crippen LogP contribution in [-0.2, 0) is 11.3 Å². The van der Waals surface area contributed by atoms with Crippen LogP contribution in [0.5, 0.6) is 0 Å². The van der Waals surface area contributed by atoms with E-state index in [1.54, 1.807) is 7.11 Å². The quantitative estimate of drug-likeness (QED) is 0.614. The number of hydrogen-bond acceptors (Lipinski definition) is 4. The molecular weight excluding hydrogens is 278 g/mol. The molecule has 0 aromatic heterocycles. The van der Waals surface area contributed by atoms with Crippen molar-refractivity contribution in [2.45, 2.75) is 12.6 Å². The zero-order valence-corrected chi connectivity index (χ0v) is 13.2. The number of rotatable bonds is 5. The standard InChI is InChI=1S/C16H25N5O/c1-22-12-13-4-2-3-5-15(13)19-16(17)18-10-14-11-20-6-8-21(14)9-7-20/h2-5,14H,6-12H2,1H3,(H3,17,18,19). The summed E-state index contributed by atoms with van der Waals surface area (Å²) in [6.07, 6.45) is 0. The summed E-state index contributed by atoms with van der Waals surface area (Å²) in [4.78, 5) is 9.57. The van der Waals surface area contributed by atoms with Crippen LogP contribution in [0.1, 0.15) is 5.56 Å². The van der Waals surface area contributed by atoms with E-state index in [0.717, 1.165) is 37.4 Å². The number of nitrogens with two attached hydrogens (primary N) is 1. The van der Waals surface area contributed by atoms with E-state index in [9.17, 15) is 0 Å². The summed E-state index contributed by atoms with van der Waals surface area (Å²) in [7, 11) is 1.69. The largest absolute Gasteiger partial charge is 0.380 e. The lowest BCUT2D eigenvalue weighted by molar-refractivity contribution is 0.0174. The minimum Gasteiger partial charge on any atom is -0.380 e. The number of nitrogens with one attached hydrogen (secondary N) is 1. The summed E-state index contributed by atoms with van der Waals surface area (Å²) < 4.78 is 5.21. The molecule has 1 aromatic carbocycles. The highest BCUT2D eigenvalue weighted by Crippen LogP contribution is 2.17. The molecule has 120 valence electrons. The van der Waals surface area contributed by atoms with Crippen molar-refractivity contribution >= 4 is 11.6 Å². The number of fused-ring (bicyclic) bond motifs is 3. The van der Waals surface area contributed by atoms with Crippen molar-refractivity contribution in [3.8, 4) is 0 Å². The highest BCUT2D eigenvalue weighted by Gasteiger charge is 2.31. The van der Waals surface area contributed by atoms with E-state index < -0.39 is 0 Å². The molecule has 0 spiro atoms. The number of nitrogens with zero attached hydrogens (tertiary/aromatic N) is 3. The van der Waals surface area contributed by atoms with Crippen LogP contribution < -0.4 is 11.1 Å². The lowest BCUT2D eigenvalue weighted by atomic mass is 10.1. The third kappa shape index (κ3) is 3.58. The van der Waals surface area contributed by atoms with Gasteiger partial charge in [0.05, 0.1) is 13.2 Å². The second kappa shape index (κ2) is 7.09. The van der Waals surface area contributed by atoms with E-state index >= 15 is 0 Å². The zero-order valence-electron chi connectivity index (χ0n) is 13.2. The number of benzene rings is 1. The van der Waals surface area contributed by atoms with Crippen molar-refractivity contribution in [2.75, 3.05) is 51.7 Å². The van der Waals surface area contributed by atoms with Gasteiger partial charge >= 0.3 is 0 Å². The van der Waals surface area contributed by atoms with Gasteiger partial charge in [0.2, 0.25) is 0 Å². The predicted octanol–water partition coefficient (Wildman–Crippen LogP) is 0.559. The molecule has 3 N–H and O–H groups in total. The molecule has 0 aliphatic carbocycles. The fourth-order valence-electron chi connectivity index (χ4n) is 3.20. The molecule has 6 heteroatoms. The van der Waals surface area contributed by atoms with Crippen molar-refractivity contribution in [2.24, 2.45) is 10.7 Å². The van der Waals surface area contributed by atoms with Crippen molar-refractivity contribution in [3.05, 3.63) is 29.8 Å². The monoisotopic (exact) mass is 303 g/mol. The van der Waals surface area contributed by atoms with E-state index in [1.807, 2.05) is 24.3 Å². The van der Waals surface area contributed by atoms with E-state index in [-0.39, 0.29) is 0 Å². The fourth-order valence-corrected chi connectivity index (χ4v) is 3.20. The summed E-state index contributed by atoms with van der Waals surface area (Å²) in [5.74, 6) is 0.473. The van der Waals surface area contributed by atoms with Gasteiger partial charge in [0.1, 0.15) is 0 Å². The Labute approximate surface area is 131 Å². The van der Waals surface area contributed by atoms with Crippen LogP contribution in [0.15, 0.2) is 29.3 Å². The number of ether oxygens (including phenoxy) is 1. The highest BCUT2D eigenvalue weighted by molar-refractivity contribution is 5.92. The third-order valence-corrected chi connectivity index (χ3v) is 4.44. The maximum atomic E-state index is 6.05. The summed E-state index contributed by atoms with van der Waals surface area (Å²) in [5, 5.41) is 3.19. The number of piperazine rings is 3. The summed E-state index contributed by atoms with van der Waals surface area (Å²) in [6.45, 7) is 7.12. The summed E-state index contributed by atoms with van der Waals surface area (Å²) >= 11 is 0. The Morgan fingerprint density at radius 2 is 2.09 bits per heavy atom. The molecule has 3 aliphatic heterocycles. The molecule has 22 heavy (non-hydrogen) atoms. The first-order valence-electron chi connectivity index (χ1n) is 7.86. The van der Waals surface area contributed by atoms with E-state index in [1.165, 1.54) is 13.1 Å². The molecule has 6 nitrogen and oxygen atoms in total. The molecule has 0 saturated carbocycles. The first-order chi connectivity index (χ1) is 10.8. The molecule has 3 fully saturated rings. The van der Waals surface area contributed by atoms with Gasteiger partial charge in [0.25, 0.3) is 0 Å². The number of para-hydroxylation sites is 1. The van der Waals surface area contributed by atoms with Crippen LogP contribution in [0, 0.1) is 0 Å². The Morgan fingerprint density at radius 1 is 1.32 bits per heavy atom. The van der Waals surface area contributed by atoms with Gasteiger partial charge in [-0.1, -0.05) is 18.2 Å². The van der Waals surface area contributed by atoms with Crippen LogP contribution in [0.3, 0.4) is 0 Å². The summed E-state index contributed by atoms with van der Waals surface area (Å²) in [5.41, 5.74) is 8.09. The molecule has 1 aromatic rings. The number of hydrogen-bond donors (Lipinski definition) is 2. The Balaban J connectivity index is 1.58. The van der Waals surface area contributed by atoms with Crippen LogP contribution in [0.25, 0.3) is 0 Å². The lowest BCUT2D eigenvalue weighted by Crippen LogP contribution is -2.61. The molecule has 3 aliphatic rings. The predicted molar refractivity (Wildman–Crippen MR) is 89.1 cm³/mol. The van der Waals surface area contributed by atoms with Crippen molar-refractivity contribution in [1.82, 2.24) is 9.80 Å². The normalized spacial score (nSPS) is 27.9. The minimum absolute atomic E-state index is 0.473. The van der Waals surface area contributed by atoms with Crippen LogP contribution in [0.2, 0.25) is 0 Å². The van der Waals surface area contributed by atoms with E-state index in [2.05, 4.69) is 20.1 Å². The van der Waals surface area contributed by atoms with Gasteiger partial charge in [-0.05, 0) is 6.07 Å². The maximum Gasteiger partial charge on any atom is 0.193 e. The Bertz CT molecular complexity index is 525. The molecule has 3 saturated heterocycles. The molecule has 0 radical (unpaired) electrons. The molecule has 3 heterocycles. The van der Waals surface area contributed by atoms with Gasteiger partial charge in [0.15, 0.2) is 5.96 Å². The molecule has 2 bridgehead atoms. The Kier molecular flexibility index (Phi) is 4.92. The fraction of sp³-hybridized carbons (Fsp3) is 0.562. The SMILES string of the molecule is COCc1ccccc1NC(N)=NCC1CN2CCN1CC2. The smallest absolute Gasteiger partial charge is 0.193 e. The van der Waals surface area contributed by atoms with Crippen molar-refractivity contribution in [1.29, 1.82) is 0 Å². The summed E-state index contributed by atoms with van der Waals surface area (Å²) in [6, 6.07) is 8.49. The van der Waals surface area contributed by atoms with Crippen LogP contribution >= 0.6 is 0 Å². The molecule has 4 rings (SSSR count). The third-order valence-electron chi connectivity index (χ3n) is 4.44. The van der Waals surface area contributed by atoms with Crippen LogP contribution in [0.4, 0.5) is 5.69 Å². The highest BCUT2D eigenvalue weighted by atomic mass is 16.5. The molecule has 1 unspecified atom stereocenters. The van der Waals surface area contributed by atoms with Gasteiger partial charge in [-0.2, -0.15) is 0 Å². The van der Waals surface area contributed by atoms with Gasteiger partial charge in [0, 0.05) is 57.1 Å². The first kappa shape index (κ1) is 15.3. The topological polar surface area (TPSA) is 66.1 Å². The van der Waals surface area contributed by atoms with Gasteiger partial charge in [-0.3, -0.25) is 14.8 Å². The van der Waals surface area contributed by atoms with E-state index in [0.29, 0.717) is 18.6 Å². The molecule has 1 atom stereocenters. The number of anilines is 1. The van der Waals surface area contributed by atoms with Crippen LogP contribution in [-0.4, -0.2) is 68.2 Å². The molecule has 0 amide bonds. The van der Waals surface area contributed by atoms with Gasteiger partial charge in [-0.25, -0.2) is 0 Å². The minimum atomic E-state index is 0.473. The first-order valence-corrected chi connectivity index (χ1v) is 7.86. The second-order valence-corrected chi connectivity index (χ2v) is 5.93. The second-order valence-electron chi connectivity index (χ2n) is 5.93. The number of aliphatic imine (C=N–C) groups is 1. The van der Waals surface area contributed by atoms with Gasteiger partial charge in [-0.15, -0.1) is 0 Å². The number of guanidine groups is 1. The number of methoxy groups -OCH3 is 1. The maximum absolute atomic E-state index is 6.05. The Hall–Kier alpha value is -1.63. The van der Waals surface area contributed by atoms with Gasteiger partial charge < -0.3 is 15.8 Å². The Morgan fingerprint density at radius 3 is 2.77 bits per heavy atom. The lowest BCUT2D eigenvalue weighted by Gasteiger charge is -2.47.